The molecule has 0 radical (unpaired) electrons. The second-order valence-corrected chi connectivity index (χ2v) is 9.69. The number of imidazole rings is 1. The average molecular weight is 495 g/mol. The maximum atomic E-state index is 14.0. The molecular weight excluding hydrogens is 467 g/mol. The Bertz CT molecular complexity index is 1410. The predicted octanol–water partition coefficient (Wildman–Crippen LogP) is 2.93. The number of tetrazole rings is 1. The van der Waals surface area contributed by atoms with E-state index in [1.807, 2.05) is 20.8 Å². The highest BCUT2D eigenvalue weighted by atomic mass is 19.1. The molecule has 5 rings (SSSR count). The fourth-order valence-electron chi connectivity index (χ4n) is 4.05. The van der Waals surface area contributed by atoms with Crippen LogP contribution in [0.3, 0.4) is 0 Å². The van der Waals surface area contributed by atoms with Gasteiger partial charge in [0.15, 0.2) is 5.82 Å². The second kappa shape index (κ2) is 9.13. The number of hydrogen-bond acceptors (Lipinski definition) is 9. The van der Waals surface area contributed by atoms with E-state index in [-0.39, 0.29) is 12.1 Å². The predicted molar refractivity (Wildman–Crippen MR) is 128 cm³/mol. The molecule has 1 atom stereocenters. The zero-order chi connectivity index (χ0) is 25.4. The van der Waals surface area contributed by atoms with Gasteiger partial charge in [0.2, 0.25) is 5.82 Å². The number of anilines is 1. The molecule has 1 aliphatic heterocycles. The summed E-state index contributed by atoms with van der Waals surface area (Å²) in [4.78, 5) is 29.3. The lowest BCUT2D eigenvalue weighted by molar-refractivity contribution is 0.0206. The van der Waals surface area contributed by atoms with Crippen LogP contribution in [-0.4, -0.2) is 75.3 Å². The molecule has 1 aliphatic rings. The Morgan fingerprint density at radius 3 is 2.81 bits per heavy atom. The topological polar surface area (TPSA) is 128 Å². The molecule has 1 saturated heterocycles. The summed E-state index contributed by atoms with van der Waals surface area (Å²) in [6, 6.07) is 4.60. The van der Waals surface area contributed by atoms with Gasteiger partial charge in [-0.15, -0.1) is 10.2 Å². The van der Waals surface area contributed by atoms with Crippen LogP contribution < -0.4 is 5.32 Å². The summed E-state index contributed by atoms with van der Waals surface area (Å²) in [5.74, 6) is 0.754. The van der Waals surface area contributed by atoms with Gasteiger partial charge in [0.1, 0.15) is 34.3 Å². The minimum atomic E-state index is -0.564. The van der Waals surface area contributed by atoms with Crippen molar-refractivity contribution < 1.29 is 13.9 Å². The molecule has 0 saturated carbocycles. The van der Waals surface area contributed by atoms with Gasteiger partial charge in [-0.3, -0.25) is 4.40 Å². The third-order valence-electron chi connectivity index (χ3n) is 5.59. The van der Waals surface area contributed by atoms with Gasteiger partial charge in [-0.25, -0.2) is 24.1 Å². The normalized spacial score (nSPS) is 16.4. The van der Waals surface area contributed by atoms with Crippen LogP contribution in [0.4, 0.5) is 15.0 Å². The van der Waals surface area contributed by atoms with E-state index in [1.54, 1.807) is 34.7 Å². The van der Waals surface area contributed by atoms with Crippen molar-refractivity contribution in [3.63, 3.8) is 0 Å². The standard InChI is InChI=1S/C23H27FN10O2/c1-23(2,3)36-22(35)33-9-5-6-15(13-33)26-18-10-16(20-29-31-32(4)30-20)27-21(28-18)17-11-25-19-8-7-14(24)12-34(17)19/h7-8,10-12,15H,5-6,9,13H2,1-4H3,(H,26,27,28). The van der Waals surface area contributed by atoms with E-state index < -0.39 is 11.4 Å². The van der Waals surface area contributed by atoms with Crippen molar-refractivity contribution >= 4 is 17.6 Å². The first kappa shape index (κ1) is 23.6. The van der Waals surface area contributed by atoms with Crippen LogP contribution in [-0.2, 0) is 11.8 Å². The lowest BCUT2D eigenvalue weighted by Crippen LogP contribution is -2.47. The van der Waals surface area contributed by atoms with Gasteiger partial charge in [0, 0.05) is 31.4 Å². The van der Waals surface area contributed by atoms with Crippen molar-refractivity contribution in [3.05, 3.63) is 36.4 Å². The summed E-state index contributed by atoms with van der Waals surface area (Å²) in [5.41, 5.74) is 0.956. The van der Waals surface area contributed by atoms with Gasteiger partial charge >= 0.3 is 6.09 Å². The number of nitrogens with zero attached hydrogens (tertiary/aromatic N) is 9. The van der Waals surface area contributed by atoms with Crippen molar-refractivity contribution in [2.45, 2.75) is 45.3 Å². The second-order valence-electron chi connectivity index (χ2n) is 9.69. The molecule has 13 heteroatoms. The largest absolute Gasteiger partial charge is 0.444 e. The van der Waals surface area contributed by atoms with Crippen LogP contribution in [0, 0.1) is 5.82 Å². The van der Waals surface area contributed by atoms with E-state index in [2.05, 4.69) is 35.7 Å². The zero-order valence-corrected chi connectivity index (χ0v) is 20.5. The third-order valence-corrected chi connectivity index (χ3v) is 5.59. The number of pyridine rings is 1. The van der Waals surface area contributed by atoms with Gasteiger partial charge in [-0.1, -0.05) is 0 Å². The van der Waals surface area contributed by atoms with Crippen molar-refractivity contribution in [2.24, 2.45) is 7.05 Å². The molecule has 36 heavy (non-hydrogen) atoms. The fraction of sp³-hybridized carbons (Fsp3) is 0.435. The summed E-state index contributed by atoms with van der Waals surface area (Å²) in [6.45, 7) is 6.64. The lowest BCUT2D eigenvalue weighted by atomic mass is 10.1. The molecule has 0 spiro atoms. The minimum Gasteiger partial charge on any atom is -0.444 e. The highest BCUT2D eigenvalue weighted by Crippen LogP contribution is 2.25. The van der Waals surface area contributed by atoms with E-state index in [9.17, 15) is 9.18 Å². The highest BCUT2D eigenvalue weighted by molar-refractivity contribution is 5.68. The van der Waals surface area contributed by atoms with Gasteiger partial charge in [0.05, 0.1) is 13.2 Å². The molecule has 188 valence electrons. The maximum Gasteiger partial charge on any atom is 0.410 e. The first-order valence-electron chi connectivity index (χ1n) is 11.7. The molecule has 1 fully saturated rings. The van der Waals surface area contributed by atoms with Crippen LogP contribution in [0.5, 0.6) is 0 Å². The number of ether oxygens (including phenoxy) is 1. The molecular formula is C23H27FN10O2. The van der Waals surface area contributed by atoms with Crippen molar-refractivity contribution in [3.8, 4) is 23.0 Å². The summed E-state index contributed by atoms with van der Waals surface area (Å²) >= 11 is 0. The number of amides is 1. The van der Waals surface area contributed by atoms with Crippen LogP contribution in [0.1, 0.15) is 33.6 Å². The minimum absolute atomic E-state index is 0.0590. The van der Waals surface area contributed by atoms with Gasteiger partial charge in [0.25, 0.3) is 0 Å². The Morgan fingerprint density at radius 1 is 1.22 bits per heavy atom. The average Bonchev–Trinajstić information content (AvgIpc) is 3.44. The first-order valence-corrected chi connectivity index (χ1v) is 11.7. The molecule has 4 aromatic rings. The molecule has 0 bridgehead atoms. The smallest absolute Gasteiger partial charge is 0.410 e. The number of nitrogens with one attached hydrogen (secondary N) is 1. The van der Waals surface area contributed by atoms with Gasteiger partial charge in [-0.05, 0) is 51.0 Å². The fourth-order valence-corrected chi connectivity index (χ4v) is 4.05. The van der Waals surface area contributed by atoms with Crippen LogP contribution >= 0.6 is 0 Å². The van der Waals surface area contributed by atoms with Gasteiger partial charge in [-0.2, -0.15) is 4.80 Å². The van der Waals surface area contributed by atoms with E-state index in [4.69, 9.17) is 4.74 Å². The highest BCUT2D eigenvalue weighted by Gasteiger charge is 2.28. The lowest BCUT2D eigenvalue weighted by Gasteiger charge is -2.34. The molecule has 4 aromatic heterocycles. The Balaban J connectivity index is 1.47. The molecule has 1 N–H and O–H groups in total. The van der Waals surface area contributed by atoms with Crippen LogP contribution in [0.15, 0.2) is 30.6 Å². The number of piperidine rings is 1. The van der Waals surface area contributed by atoms with Crippen LogP contribution in [0.25, 0.3) is 28.7 Å². The van der Waals surface area contributed by atoms with Crippen molar-refractivity contribution in [1.29, 1.82) is 0 Å². The quantitative estimate of drug-likeness (QED) is 0.455. The SMILES string of the molecule is Cn1nnc(-c2cc(NC3CCCN(C(=O)OC(C)(C)C)C3)nc(-c3cnc4ccc(F)cn34)n2)n1. The number of aromatic nitrogens is 8. The zero-order valence-electron chi connectivity index (χ0n) is 20.5. The number of carbonyl (C=O) groups excluding carboxylic acids is 1. The number of hydrogen-bond donors (Lipinski definition) is 1. The Hall–Kier alpha value is -4.16. The number of rotatable bonds is 4. The van der Waals surface area contributed by atoms with Crippen molar-refractivity contribution in [2.75, 3.05) is 18.4 Å². The molecule has 0 aliphatic carbocycles. The molecule has 0 aromatic carbocycles. The maximum absolute atomic E-state index is 14.0. The number of halogens is 1. The van der Waals surface area contributed by atoms with E-state index in [0.29, 0.717) is 47.6 Å². The molecule has 5 heterocycles. The summed E-state index contributed by atoms with van der Waals surface area (Å²) in [7, 11) is 1.66. The monoisotopic (exact) mass is 494 g/mol. The Labute approximate surface area is 206 Å². The summed E-state index contributed by atoms with van der Waals surface area (Å²) in [6.07, 6.45) is 4.25. The van der Waals surface area contributed by atoms with E-state index >= 15 is 0 Å². The number of aryl methyl sites for hydroxylation is 1. The van der Waals surface area contributed by atoms with Crippen LogP contribution in [0.2, 0.25) is 0 Å². The number of carbonyl (C=O) groups is 1. The molecule has 12 nitrogen and oxygen atoms in total. The Kier molecular flexibility index (Phi) is 5.98. The number of likely N-dealkylation sites (tertiary alicyclic amines) is 1. The summed E-state index contributed by atoms with van der Waals surface area (Å²) < 4.78 is 21.1. The Morgan fingerprint density at radius 2 is 2.06 bits per heavy atom. The third kappa shape index (κ3) is 5.09. The first-order chi connectivity index (χ1) is 17.1. The van der Waals surface area contributed by atoms with E-state index in [1.165, 1.54) is 17.1 Å². The molecule has 1 amide bonds. The number of fused-ring (bicyclic) bond motifs is 1. The van der Waals surface area contributed by atoms with Gasteiger partial charge < -0.3 is 15.0 Å². The van der Waals surface area contributed by atoms with E-state index in [0.717, 1.165) is 12.8 Å². The molecule has 1 unspecified atom stereocenters. The summed E-state index contributed by atoms with van der Waals surface area (Å²) in [5, 5.41) is 15.7. The van der Waals surface area contributed by atoms with Crippen molar-refractivity contribution in [1.82, 2.24) is 44.5 Å².